The lowest BCUT2D eigenvalue weighted by Crippen LogP contribution is -2.42. The smallest absolute Gasteiger partial charge is 0.308 e. The van der Waals surface area contributed by atoms with E-state index in [4.69, 9.17) is 9.47 Å². The van der Waals surface area contributed by atoms with Crippen LogP contribution in [0, 0.1) is 0 Å². The van der Waals surface area contributed by atoms with E-state index >= 15 is 0 Å². The summed E-state index contributed by atoms with van der Waals surface area (Å²) in [5, 5.41) is -0.294. The van der Waals surface area contributed by atoms with Gasteiger partial charge in [-0.05, 0) is 29.8 Å². The summed E-state index contributed by atoms with van der Waals surface area (Å²) in [6.07, 6.45) is 0.150. The van der Waals surface area contributed by atoms with Crippen molar-refractivity contribution in [3.8, 4) is 5.75 Å². The van der Waals surface area contributed by atoms with E-state index in [-0.39, 0.29) is 23.7 Å². The summed E-state index contributed by atoms with van der Waals surface area (Å²) in [4.78, 5) is 27.4. The molecule has 25 heavy (non-hydrogen) atoms. The van der Waals surface area contributed by atoms with Crippen LogP contribution in [0.1, 0.15) is 22.3 Å². The molecular weight excluding hydrogens is 338 g/mol. The minimum Gasteiger partial charge on any atom is -0.497 e. The van der Waals surface area contributed by atoms with E-state index < -0.39 is 0 Å². The van der Waals surface area contributed by atoms with Crippen LogP contribution in [-0.4, -0.2) is 36.4 Å². The zero-order valence-electron chi connectivity index (χ0n) is 14.1. The third-order valence-corrected chi connectivity index (χ3v) is 5.37. The van der Waals surface area contributed by atoms with Gasteiger partial charge in [-0.1, -0.05) is 36.0 Å². The van der Waals surface area contributed by atoms with Gasteiger partial charge in [-0.15, -0.1) is 0 Å². The number of hydrogen-bond donors (Lipinski definition) is 0. The molecule has 0 saturated carbocycles. The van der Waals surface area contributed by atoms with E-state index in [1.807, 2.05) is 48.5 Å². The summed E-state index contributed by atoms with van der Waals surface area (Å²) in [5.74, 6) is 0.364. The zero-order chi connectivity index (χ0) is 17.8. The molecule has 130 valence electrons. The highest BCUT2D eigenvalue weighted by Crippen LogP contribution is 2.38. The molecular formula is C19H19NO4S. The third kappa shape index (κ3) is 3.79. The SMILES string of the molecule is COC(=O)CC1Sc2ccccc2C(=O)N1Cc1ccc(OC)cc1. The van der Waals surface area contributed by atoms with Crippen LogP contribution in [0.15, 0.2) is 53.4 Å². The molecule has 0 aliphatic carbocycles. The van der Waals surface area contributed by atoms with E-state index in [1.165, 1.54) is 18.9 Å². The molecule has 3 rings (SSSR count). The van der Waals surface area contributed by atoms with Gasteiger partial charge in [0, 0.05) is 11.4 Å². The van der Waals surface area contributed by atoms with Crippen molar-refractivity contribution in [1.29, 1.82) is 0 Å². The van der Waals surface area contributed by atoms with Crippen molar-refractivity contribution >= 4 is 23.6 Å². The number of esters is 1. The quantitative estimate of drug-likeness (QED) is 0.768. The van der Waals surface area contributed by atoms with Crippen LogP contribution in [0.2, 0.25) is 0 Å². The van der Waals surface area contributed by atoms with Gasteiger partial charge in [0.25, 0.3) is 5.91 Å². The van der Waals surface area contributed by atoms with Crippen molar-refractivity contribution in [2.45, 2.75) is 23.2 Å². The molecule has 0 bridgehead atoms. The summed E-state index contributed by atoms with van der Waals surface area (Å²) in [6, 6.07) is 15.0. The van der Waals surface area contributed by atoms with Crippen LogP contribution in [0.5, 0.6) is 5.75 Å². The standard InChI is InChI=1S/C19H19NO4S/c1-23-14-9-7-13(8-10-14)12-20-17(11-18(21)24-2)25-16-6-4-3-5-15(16)19(20)22/h3-10,17H,11-12H2,1-2H3. The fourth-order valence-electron chi connectivity index (χ4n) is 2.72. The lowest BCUT2D eigenvalue weighted by Gasteiger charge is -2.35. The van der Waals surface area contributed by atoms with Crippen molar-refractivity contribution in [1.82, 2.24) is 4.90 Å². The lowest BCUT2D eigenvalue weighted by molar-refractivity contribution is -0.141. The van der Waals surface area contributed by atoms with E-state index in [9.17, 15) is 9.59 Å². The summed E-state index contributed by atoms with van der Waals surface area (Å²) in [6.45, 7) is 0.422. The van der Waals surface area contributed by atoms with Gasteiger partial charge >= 0.3 is 5.97 Å². The Balaban J connectivity index is 1.88. The Bertz CT molecular complexity index is 775. The molecule has 1 amide bonds. The van der Waals surface area contributed by atoms with Gasteiger partial charge in [0.2, 0.25) is 0 Å². The Labute approximate surface area is 150 Å². The fraction of sp³-hybridized carbons (Fsp3) is 0.263. The van der Waals surface area contributed by atoms with Crippen molar-refractivity contribution in [2.75, 3.05) is 14.2 Å². The topological polar surface area (TPSA) is 55.8 Å². The highest BCUT2D eigenvalue weighted by atomic mass is 32.2. The Morgan fingerprint density at radius 1 is 1.12 bits per heavy atom. The molecule has 2 aromatic carbocycles. The van der Waals surface area contributed by atoms with Crippen LogP contribution in [0.25, 0.3) is 0 Å². The van der Waals surface area contributed by atoms with Gasteiger partial charge in [-0.3, -0.25) is 9.59 Å². The average Bonchev–Trinajstić information content (AvgIpc) is 2.65. The van der Waals surface area contributed by atoms with Gasteiger partial charge in [-0.2, -0.15) is 0 Å². The number of methoxy groups -OCH3 is 2. The van der Waals surface area contributed by atoms with Crippen molar-refractivity contribution < 1.29 is 19.1 Å². The maximum atomic E-state index is 13.0. The van der Waals surface area contributed by atoms with Gasteiger partial charge in [0.05, 0.1) is 31.6 Å². The number of nitrogens with zero attached hydrogens (tertiary/aromatic N) is 1. The van der Waals surface area contributed by atoms with Gasteiger partial charge < -0.3 is 14.4 Å². The molecule has 5 nitrogen and oxygen atoms in total. The molecule has 1 atom stereocenters. The van der Waals surface area contributed by atoms with Crippen LogP contribution >= 0.6 is 11.8 Å². The van der Waals surface area contributed by atoms with Crippen molar-refractivity contribution in [3.05, 3.63) is 59.7 Å². The van der Waals surface area contributed by atoms with Gasteiger partial charge in [-0.25, -0.2) is 0 Å². The Hall–Kier alpha value is -2.47. The number of ether oxygens (including phenoxy) is 2. The number of thioether (sulfide) groups is 1. The molecule has 0 N–H and O–H groups in total. The predicted molar refractivity (Wildman–Crippen MR) is 95.6 cm³/mol. The summed E-state index contributed by atoms with van der Waals surface area (Å²) in [5.41, 5.74) is 1.64. The fourth-order valence-corrected chi connectivity index (χ4v) is 3.97. The van der Waals surface area contributed by atoms with Crippen LogP contribution in [-0.2, 0) is 16.1 Å². The van der Waals surface area contributed by atoms with Gasteiger partial charge in [0.15, 0.2) is 0 Å². The molecule has 1 heterocycles. The molecule has 1 unspecified atom stereocenters. The lowest BCUT2D eigenvalue weighted by atomic mass is 10.1. The minimum absolute atomic E-state index is 0.0703. The summed E-state index contributed by atoms with van der Waals surface area (Å²) >= 11 is 1.52. The molecule has 1 aliphatic rings. The van der Waals surface area contributed by atoms with Gasteiger partial charge in [0.1, 0.15) is 5.75 Å². The molecule has 0 spiro atoms. The maximum absolute atomic E-state index is 13.0. The second kappa shape index (κ2) is 7.61. The molecule has 1 aliphatic heterocycles. The second-order valence-electron chi connectivity index (χ2n) is 5.63. The number of hydrogen-bond acceptors (Lipinski definition) is 5. The number of carbonyl (C=O) groups is 2. The first kappa shape index (κ1) is 17.4. The first-order chi connectivity index (χ1) is 12.1. The third-order valence-electron chi connectivity index (χ3n) is 4.07. The van der Waals surface area contributed by atoms with Crippen molar-refractivity contribution in [3.63, 3.8) is 0 Å². The first-order valence-corrected chi connectivity index (χ1v) is 8.76. The largest absolute Gasteiger partial charge is 0.497 e. The number of carbonyl (C=O) groups excluding carboxylic acids is 2. The van der Waals surface area contributed by atoms with E-state index in [1.54, 1.807) is 12.0 Å². The van der Waals surface area contributed by atoms with Crippen LogP contribution in [0.4, 0.5) is 0 Å². The highest BCUT2D eigenvalue weighted by Gasteiger charge is 2.34. The monoisotopic (exact) mass is 357 g/mol. The summed E-state index contributed by atoms with van der Waals surface area (Å²) < 4.78 is 9.97. The highest BCUT2D eigenvalue weighted by molar-refractivity contribution is 8.00. The van der Waals surface area contributed by atoms with E-state index in [0.29, 0.717) is 12.1 Å². The second-order valence-corrected chi connectivity index (χ2v) is 6.85. The number of benzene rings is 2. The van der Waals surface area contributed by atoms with Crippen molar-refractivity contribution in [2.24, 2.45) is 0 Å². The Morgan fingerprint density at radius 3 is 2.52 bits per heavy atom. The summed E-state index contributed by atoms with van der Waals surface area (Å²) in [7, 11) is 2.97. The van der Waals surface area contributed by atoms with E-state index in [2.05, 4.69) is 0 Å². The zero-order valence-corrected chi connectivity index (χ0v) is 14.9. The number of amides is 1. The minimum atomic E-state index is -0.329. The van der Waals surface area contributed by atoms with Crippen LogP contribution in [0.3, 0.4) is 0 Å². The maximum Gasteiger partial charge on any atom is 0.308 e. The predicted octanol–water partition coefficient (Wildman–Crippen LogP) is 3.33. The Morgan fingerprint density at radius 2 is 1.84 bits per heavy atom. The number of rotatable bonds is 5. The molecule has 0 radical (unpaired) electrons. The average molecular weight is 357 g/mol. The normalized spacial score (nSPS) is 16.3. The molecule has 0 fully saturated rings. The first-order valence-electron chi connectivity index (χ1n) is 7.88. The molecule has 6 heteroatoms. The molecule has 2 aromatic rings. The Kier molecular flexibility index (Phi) is 5.28. The molecule has 0 aromatic heterocycles. The number of fused-ring (bicyclic) bond motifs is 1. The van der Waals surface area contributed by atoms with Crippen LogP contribution < -0.4 is 4.74 Å². The molecule has 0 saturated heterocycles. The van der Waals surface area contributed by atoms with E-state index in [0.717, 1.165) is 16.2 Å².